The van der Waals surface area contributed by atoms with Gasteiger partial charge in [-0.15, -0.1) is 0 Å². The molecule has 0 heterocycles. The highest BCUT2D eigenvalue weighted by Gasteiger charge is 2.45. The summed E-state index contributed by atoms with van der Waals surface area (Å²) in [5.41, 5.74) is 6.30. The maximum Gasteiger partial charge on any atom is 0.0139 e. The van der Waals surface area contributed by atoms with Crippen molar-refractivity contribution in [1.82, 2.24) is 4.90 Å². The summed E-state index contributed by atoms with van der Waals surface area (Å²) in [5.74, 6) is 1.88. The van der Waals surface area contributed by atoms with Crippen molar-refractivity contribution >= 4 is 0 Å². The van der Waals surface area contributed by atoms with E-state index in [0.29, 0.717) is 17.9 Å². The molecule has 5 rings (SSSR count). The zero-order valence-corrected chi connectivity index (χ0v) is 13.1. The molecule has 0 fully saturated rings. The largest absolute Gasteiger partial charge is 0.306 e. The van der Waals surface area contributed by atoms with Gasteiger partial charge in [-0.2, -0.15) is 0 Å². The zero-order valence-electron chi connectivity index (χ0n) is 13.1. The minimum absolute atomic E-state index is 0.569. The van der Waals surface area contributed by atoms with Crippen molar-refractivity contribution in [2.75, 3.05) is 14.1 Å². The van der Waals surface area contributed by atoms with E-state index in [0.717, 1.165) is 5.92 Å². The van der Waals surface area contributed by atoms with E-state index in [2.05, 4.69) is 74.4 Å². The van der Waals surface area contributed by atoms with Crippen LogP contribution in [0.1, 0.15) is 47.4 Å². The van der Waals surface area contributed by atoms with Crippen molar-refractivity contribution in [2.24, 2.45) is 5.92 Å². The molecule has 2 unspecified atom stereocenters. The third-order valence-electron chi connectivity index (χ3n) is 5.78. The van der Waals surface area contributed by atoms with Gasteiger partial charge < -0.3 is 4.90 Å². The topological polar surface area (TPSA) is 3.24 Å². The van der Waals surface area contributed by atoms with E-state index < -0.39 is 0 Å². The maximum absolute atomic E-state index is 2.39. The van der Waals surface area contributed by atoms with E-state index in [9.17, 15) is 0 Å². The Balaban J connectivity index is 1.90. The number of benzene rings is 2. The van der Waals surface area contributed by atoms with Gasteiger partial charge in [-0.25, -0.2) is 0 Å². The van der Waals surface area contributed by atoms with Crippen LogP contribution in [0.3, 0.4) is 0 Å². The summed E-state index contributed by atoms with van der Waals surface area (Å²) in [7, 11) is 4.43. The minimum Gasteiger partial charge on any atom is -0.306 e. The van der Waals surface area contributed by atoms with Crippen LogP contribution in [0.15, 0.2) is 48.5 Å². The molecule has 0 radical (unpaired) electrons. The first kappa shape index (κ1) is 13.1. The monoisotopic (exact) mass is 277 g/mol. The third-order valence-corrected chi connectivity index (χ3v) is 5.78. The Morgan fingerprint density at radius 3 is 1.81 bits per heavy atom. The Morgan fingerprint density at radius 2 is 1.33 bits per heavy atom. The van der Waals surface area contributed by atoms with Crippen LogP contribution in [0.5, 0.6) is 0 Å². The lowest BCUT2D eigenvalue weighted by Crippen LogP contribution is -2.42. The molecule has 0 spiro atoms. The van der Waals surface area contributed by atoms with E-state index in [1.807, 2.05) is 0 Å². The summed E-state index contributed by atoms with van der Waals surface area (Å²) < 4.78 is 0. The van der Waals surface area contributed by atoms with Gasteiger partial charge in [0.1, 0.15) is 0 Å². The van der Waals surface area contributed by atoms with E-state index >= 15 is 0 Å². The standard InChI is InChI=1S/C20H23N/c1-13(21(2)3)18-12-19-14-8-4-6-10-16(14)20(18)17-11-7-5-9-15(17)19/h4-11,13,18-20H,12H2,1-3H3. The molecule has 0 saturated carbocycles. The molecule has 0 saturated heterocycles. The second-order valence-electron chi connectivity index (χ2n) is 6.89. The second-order valence-corrected chi connectivity index (χ2v) is 6.89. The van der Waals surface area contributed by atoms with E-state index in [-0.39, 0.29) is 0 Å². The highest BCUT2D eigenvalue weighted by molar-refractivity contribution is 5.55. The third kappa shape index (κ3) is 1.80. The van der Waals surface area contributed by atoms with Crippen LogP contribution in [-0.4, -0.2) is 25.0 Å². The van der Waals surface area contributed by atoms with Crippen LogP contribution < -0.4 is 0 Å². The summed E-state index contributed by atoms with van der Waals surface area (Å²) in [4.78, 5) is 2.39. The molecule has 2 aromatic rings. The van der Waals surface area contributed by atoms with Crippen molar-refractivity contribution in [3.05, 3.63) is 70.8 Å². The van der Waals surface area contributed by atoms with Crippen LogP contribution >= 0.6 is 0 Å². The quantitative estimate of drug-likeness (QED) is 0.794. The Morgan fingerprint density at radius 1 is 0.857 bits per heavy atom. The number of hydrogen-bond donors (Lipinski definition) is 0. The Labute approximate surface area is 127 Å². The first-order valence-electron chi connectivity index (χ1n) is 8.02. The molecule has 3 aliphatic carbocycles. The molecule has 1 nitrogen and oxygen atoms in total. The summed E-state index contributed by atoms with van der Waals surface area (Å²) in [6, 6.07) is 18.8. The molecule has 3 aliphatic rings. The fourth-order valence-electron chi connectivity index (χ4n) is 4.54. The van der Waals surface area contributed by atoms with E-state index in [1.54, 1.807) is 22.3 Å². The van der Waals surface area contributed by atoms with Crippen molar-refractivity contribution in [1.29, 1.82) is 0 Å². The highest BCUT2D eigenvalue weighted by Crippen LogP contribution is 2.56. The molecule has 0 aromatic heterocycles. The Hall–Kier alpha value is -1.60. The second kappa shape index (κ2) is 4.71. The summed E-state index contributed by atoms with van der Waals surface area (Å²) in [5, 5.41) is 0. The lowest BCUT2D eigenvalue weighted by atomic mass is 9.57. The normalized spacial score (nSPS) is 27.3. The van der Waals surface area contributed by atoms with Crippen molar-refractivity contribution < 1.29 is 0 Å². The number of rotatable bonds is 2. The molecule has 2 aromatic carbocycles. The SMILES string of the molecule is CC(C1CC2c3ccccc3C1c1ccccc12)N(C)C. The maximum atomic E-state index is 2.39. The van der Waals surface area contributed by atoms with E-state index in [1.165, 1.54) is 6.42 Å². The molecule has 1 heteroatoms. The first-order valence-corrected chi connectivity index (χ1v) is 8.02. The smallest absolute Gasteiger partial charge is 0.0139 e. The van der Waals surface area contributed by atoms with Crippen LogP contribution in [0, 0.1) is 5.92 Å². The van der Waals surface area contributed by atoms with Crippen molar-refractivity contribution in [3.8, 4) is 0 Å². The van der Waals surface area contributed by atoms with Crippen LogP contribution in [0.2, 0.25) is 0 Å². The molecule has 0 amide bonds. The summed E-state index contributed by atoms with van der Waals surface area (Å²) in [6.45, 7) is 2.39. The number of fused-ring (bicyclic) bond motifs is 1. The summed E-state index contributed by atoms with van der Waals surface area (Å²) in [6.07, 6.45) is 1.29. The summed E-state index contributed by atoms with van der Waals surface area (Å²) >= 11 is 0. The van der Waals surface area contributed by atoms with Gasteiger partial charge in [0.2, 0.25) is 0 Å². The van der Waals surface area contributed by atoms with Gasteiger partial charge in [0.05, 0.1) is 0 Å². The van der Waals surface area contributed by atoms with Gasteiger partial charge >= 0.3 is 0 Å². The molecule has 2 bridgehead atoms. The molecular weight excluding hydrogens is 254 g/mol. The molecule has 21 heavy (non-hydrogen) atoms. The van der Waals surface area contributed by atoms with Gasteiger partial charge in [-0.3, -0.25) is 0 Å². The predicted molar refractivity (Wildman–Crippen MR) is 87.8 cm³/mol. The molecule has 2 atom stereocenters. The van der Waals surface area contributed by atoms with Gasteiger partial charge in [0.15, 0.2) is 0 Å². The number of nitrogens with zero attached hydrogens (tertiary/aromatic N) is 1. The fourth-order valence-corrected chi connectivity index (χ4v) is 4.54. The Bertz CT molecular complexity index is 626. The zero-order chi connectivity index (χ0) is 14.6. The van der Waals surface area contributed by atoms with Gasteiger partial charge in [-0.1, -0.05) is 48.5 Å². The molecule has 0 N–H and O–H groups in total. The van der Waals surface area contributed by atoms with E-state index in [4.69, 9.17) is 0 Å². The molecule has 108 valence electrons. The Kier molecular flexibility index (Phi) is 2.93. The van der Waals surface area contributed by atoms with Crippen LogP contribution in [0.4, 0.5) is 0 Å². The number of hydrogen-bond acceptors (Lipinski definition) is 1. The fraction of sp³-hybridized carbons (Fsp3) is 0.400. The molecular formula is C20H23N. The van der Waals surface area contributed by atoms with Crippen molar-refractivity contribution in [2.45, 2.75) is 31.2 Å². The van der Waals surface area contributed by atoms with Gasteiger partial charge in [-0.05, 0) is 55.6 Å². The average Bonchev–Trinajstić information content (AvgIpc) is 2.54. The first-order chi connectivity index (χ1) is 10.2. The van der Waals surface area contributed by atoms with Gasteiger partial charge in [0, 0.05) is 17.9 Å². The minimum atomic E-state index is 0.569. The average molecular weight is 277 g/mol. The van der Waals surface area contributed by atoms with Crippen molar-refractivity contribution in [3.63, 3.8) is 0 Å². The van der Waals surface area contributed by atoms with Crippen LogP contribution in [0.25, 0.3) is 0 Å². The molecule has 0 aliphatic heterocycles. The lowest BCUT2D eigenvalue weighted by molar-refractivity contribution is 0.180. The van der Waals surface area contributed by atoms with Crippen LogP contribution in [-0.2, 0) is 0 Å². The van der Waals surface area contributed by atoms with Gasteiger partial charge in [0.25, 0.3) is 0 Å². The lowest BCUT2D eigenvalue weighted by Gasteiger charge is -2.48. The highest BCUT2D eigenvalue weighted by atomic mass is 15.1. The predicted octanol–water partition coefficient (Wildman–Crippen LogP) is 4.23.